The molecule has 2 heterocycles. The summed E-state index contributed by atoms with van der Waals surface area (Å²) in [5.74, 6) is -1.21. The lowest BCUT2D eigenvalue weighted by Crippen LogP contribution is -2.47. The number of aromatic nitrogens is 2. The smallest absolute Gasteiger partial charge is 0.328 e. The number of fused-ring (bicyclic) bond motifs is 1. The molecule has 0 bridgehead atoms. The number of nitrogens with zero attached hydrogens (tertiary/aromatic N) is 1. The van der Waals surface area contributed by atoms with Crippen LogP contribution in [0.1, 0.15) is 16.1 Å². The van der Waals surface area contributed by atoms with Crippen LogP contribution < -0.4 is 10.0 Å². The van der Waals surface area contributed by atoms with E-state index in [4.69, 9.17) is 4.74 Å². The summed E-state index contributed by atoms with van der Waals surface area (Å²) >= 11 is 0. The molecule has 0 aliphatic rings. The molecule has 1 amide bonds. The van der Waals surface area contributed by atoms with Gasteiger partial charge in [-0.2, -0.15) is 4.73 Å². The number of rotatable bonds is 5. The van der Waals surface area contributed by atoms with Gasteiger partial charge in [-0.1, -0.05) is 18.2 Å². The number of methoxy groups -OCH3 is 1. The summed E-state index contributed by atoms with van der Waals surface area (Å²) in [6.07, 6.45) is 3.26. The van der Waals surface area contributed by atoms with E-state index in [1.165, 1.54) is 25.4 Å². The minimum Gasteiger partial charge on any atom is -0.618 e. The monoisotopic (exact) mass is 339 g/mol. The van der Waals surface area contributed by atoms with Crippen LogP contribution in [0, 0.1) is 5.21 Å². The molecular formula is C18H17N3O4. The lowest BCUT2D eigenvalue weighted by Gasteiger charge is -2.16. The van der Waals surface area contributed by atoms with E-state index < -0.39 is 17.9 Å². The van der Waals surface area contributed by atoms with Crippen molar-refractivity contribution in [3.05, 3.63) is 71.3 Å². The van der Waals surface area contributed by atoms with E-state index in [0.29, 0.717) is 4.73 Å². The number of carbonyl (C=O) groups is 2. The lowest BCUT2D eigenvalue weighted by atomic mass is 10.0. The van der Waals surface area contributed by atoms with Gasteiger partial charge in [-0.15, -0.1) is 0 Å². The van der Waals surface area contributed by atoms with Crippen molar-refractivity contribution in [1.82, 2.24) is 10.3 Å². The molecule has 2 aromatic heterocycles. The van der Waals surface area contributed by atoms with Crippen LogP contribution in [0.3, 0.4) is 0 Å². The van der Waals surface area contributed by atoms with Crippen LogP contribution in [0.15, 0.2) is 54.9 Å². The van der Waals surface area contributed by atoms with E-state index in [2.05, 4.69) is 10.3 Å². The highest BCUT2D eigenvalue weighted by molar-refractivity contribution is 5.94. The molecular weight excluding hydrogens is 322 g/mol. The maximum Gasteiger partial charge on any atom is 0.328 e. The van der Waals surface area contributed by atoms with Crippen molar-refractivity contribution in [2.75, 3.05) is 7.11 Å². The van der Waals surface area contributed by atoms with E-state index in [1.807, 2.05) is 24.3 Å². The zero-order chi connectivity index (χ0) is 17.8. The molecule has 3 rings (SSSR count). The van der Waals surface area contributed by atoms with Gasteiger partial charge in [-0.3, -0.25) is 4.79 Å². The standard InChI is InChI=1S/C18H17N3O4/c1-25-18(23)15(20-17(22)16-8-4-5-9-21(16)24)10-12-11-19-14-7-3-2-6-13(12)14/h2-9,11,15,19H,10H2,1H3,(H,20,22)/t15-/m1/s1. The van der Waals surface area contributed by atoms with Crippen LogP contribution in [-0.2, 0) is 16.0 Å². The molecule has 2 N–H and O–H groups in total. The van der Waals surface area contributed by atoms with Gasteiger partial charge in [-0.05, 0) is 17.7 Å². The highest BCUT2D eigenvalue weighted by atomic mass is 16.5. The summed E-state index contributed by atoms with van der Waals surface area (Å²) < 4.78 is 5.25. The summed E-state index contributed by atoms with van der Waals surface area (Å²) in [6.45, 7) is 0. The van der Waals surface area contributed by atoms with E-state index >= 15 is 0 Å². The van der Waals surface area contributed by atoms with Crippen molar-refractivity contribution >= 4 is 22.8 Å². The number of ether oxygens (including phenoxy) is 1. The summed E-state index contributed by atoms with van der Waals surface area (Å²) in [4.78, 5) is 27.6. The largest absolute Gasteiger partial charge is 0.618 e. The number of hydrogen-bond acceptors (Lipinski definition) is 4. The first kappa shape index (κ1) is 16.5. The summed E-state index contributed by atoms with van der Waals surface area (Å²) in [6, 6.07) is 11.2. The molecule has 0 saturated carbocycles. The van der Waals surface area contributed by atoms with Crippen molar-refractivity contribution in [3.63, 3.8) is 0 Å². The topological polar surface area (TPSA) is 98.1 Å². The van der Waals surface area contributed by atoms with Gasteiger partial charge in [0.25, 0.3) is 5.69 Å². The Hall–Kier alpha value is -3.35. The van der Waals surface area contributed by atoms with Gasteiger partial charge >= 0.3 is 11.9 Å². The predicted molar refractivity (Wildman–Crippen MR) is 90.7 cm³/mol. The van der Waals surface area contributed by atoms with E-state index in [1.54, 1.807) is 12.3 Å². The first-order valence-corrected chi connectivity index (χ1v) is 7.72. The Morgan fingerprint density at radius 3 is 2.76 bits per heavy atom. The average Bonchev–Trinajstić information content (AvgIpc) is 3.04. The molecule has 128 valence electrons. The zero-order valence-corrected chi connectivity index (χ0v) is 13.6. The van der Waals surface area contributed by atoms with Gasteiger partial charge in [0.15, 0.2) is 6.20 Å². The molecule has 0 saturated heterocycles. The Morgan fingerprint density at radius 2 is 2.00 bits per heavy atom. The molecule has 0 spiro atoms. The average molecular weight is 339 g/mol. The predicted octanol–water partition coefficient (Wildman–Crippen LogP) is 1.32. The maximum absolute atomic E-state index is 12.3. The van der Waals surface area contributed by atoms with E-state index in [0.717, 1.165) is 16.5 Å². The van der Waals surface area contributed by atoms with Crippen LogP contribution >= 0.6 is 0 Å². The zero-order valence-electron chi connectivity index (χ0n) is 13.6. The third-order valence-electron chi connectivity index (χ3n) is 3.95. The Bertz CT molecular complexity index is 919. The van der Waals surface area contributed by atoms with Gasteiger partial charge in [0.05, 0.1) is 7.11 Å². The Balaban J connectivity index is 1.84. The fraction of sp³-hybridized carbons (Fsp3) is 0.167. The quantitative estimate of drug-likeness (QED) is 0.416. The molecule has 7 nitrogen and oxygen atoms in total. The van der Waals surface area contributed by atoms with Gasteiger partial charge < -0.3 is 20.2 Å². The lowest BCUT2D eigenvalue weighted by molar-refractivity contribution is -0.607. The maximum atomic E-state index is 12.3. The van der Waals surface area contributed by atoms with Crippen molar-refractivity contribution in [2.45, 2.75) is 12.5 Å². The van der Waals surface area contributed by atoms with Crippen molar-refractivity contribution in [2.24, 2.45) is 0 Å². The molecule has 0 aliphatic carbocycles. The minimum absolute atomic E-state index is 0.0877. The van der Waals surface area contributed by atoms with Crippen LogP contribution in [0.2, 0.25) is 0 Å². The highest BCUT2D eigenvalue weighted by Gasteiger charge is 2.26. The fourth-order valence-electron chi connectivity index (χ4n) is 2.69. The van der Waals surface area contributed by atoms with Crippen LogP contribution in [0.5, 0.6) is 0 Å². The van der Waals surface area contributed by atoms with Gasteiger partial charge in [0, 0.05) is 35.7 Å². The second-order valence-electron chi connectivity index (χ2n) is 5.52. The van der Waals surface area contributed by atoms with Crippen molar-refractivity contribution in [1.29, 1.82) is 0 Å². The minimum atomic E-state index is -0.906. The van der Waals surface area contributed by atoms with E-state index in [9.17, 15) is 14.8 Å². The number of nitrogens with one attached hydrogen (secondary N) is 2. The summed E-state index contributed by atoms with van der Waals surface area (Å²) in [5, 5.41) is 15.2. The number of esters is 1. The molecule has 0 fully saturated rings. The molecule has 1 aromatic carbocycles. The molecule has 3 aromatic rings. The number of amides is 1. The van der Waals surface area contributed by atoms with Gasteiger partial charge in [0.2, 0.25) is 0 Å². The molecule has 7 heteroatoms. The van der Waals surface area contributed by atoms with Gasteiger partial charge in [0.1, 0.15) is 6.04 Å². The summed E-state index contributed by atoms with van der Waals surface area (Å²) in [5.41, 5.74) is 1.72. The fourth-order valence-corrected chi connectivity index (χ4v) is 2.69. The number of benzene rings is 1. The van der Waals surface area contributed by atoms with Crippen LogP contribution in [0.4, 0.5) is 0 Å². The Morgan fingerprint density at radius 1 is 1.24 bits per heavy atom. The number of para-hydroxylation sites is 1. The number of hydrogen-bond donors (Lipinski definition) is 2. The van der Waals surface area contributed by atoms with Crippen LogP contribution in [0.25, 0.3) is 10.9 Å². The van der Waals surface area contributed by atoms with Crippen molar-refractivity contribution < 1.29 is 19.1 Å². The number of pyridine rings is 1. The van der Waals surface area contributed by atoms with E-state index in [-0.39, 0.29) is 12.1 Å². The molecule has 0 unspecified atom stereocenters. The number of carbonyl (C=O) groups excluding carboxylic acids is 2. The first-order valence-electron chi connectivity index (χ1n) is 7.72. The molecule has 0 radical (unpaired) electrons. The summed E-state index contributed by atoms with van der Waals surface area (Å²) in [7, 11) is 1.26. The molecule has 25 heavy (non-hydrogen) atoms. The third kappa shape index (κ3) is 3.45. The number of aromatic amines is 1. The van der Waals surface area contributed by atoms with Crippen molar-refractivity contribution in [3.8, 4) is 0 Å². The third-order valence-corrected chi connectivity index (χ3v) is 3.95. The highest BCUT2D eigenvalue weighted by Crippen LogP contribution is 2.19. The normalized spacial score (nSPS) is 11.9. The SMILES string of the molecule is COC(=O)[C@@H](Cc1c[nH]c2ccccc12)NC(=O)c1cccc[n+]1[O-]. The van der Waals surface area contributed by atoms with Crippen LogP contribution in [-0.4, -0.2) is 30.0 Å². The number of H-pyrrole nitrogens is 1. The Labute approximate surface area is 143 Å². The molecule has 1 atom stereocenters. The first-order chi connectivity index (χ1) is 12.1. The second-order valence-corrected chi connectivity index (χ2v) is 5.52. The van der Waals surface area contributed by atoms with Gasteiger partial charge in [-0.25, -0.2) is 4.79 Å². The Kier molecular flexibility index (Phi) is 4.65. The second kappa shape index (κ2) is 7.04. The molecule has 0 aliphatic heterocycles.